The second kappa shape index (κ2) is 9.42. The summed E-state index contributed by atoms with van der Waals surface area (Å²) in [5, 5.41) is 7.22. The number of hydrogen-bond donors (Lipinski definition) is 1. The highest BCUT2D eigenvalue weighted by atomic mass is 16.5. The van der Waals surface area contributed by atoms with Crippen molar-refractivity contribution in [1.82, 2.24) is 15.1 Å². The van der Waals surface area contributed by atoms with Gasteiger partial charge in [0, 0.05) is 12.6 Å². The number of anilines is 1. The Balaban J connectivity index is 2.07. The second-order valence-corrected chi connectivity index (χ2v) is 8.32. The zero-order valence-electron chi connectivity index (χ0n) is 19.2. The molecule has 1 aromatic carbocycles. The van der Waals surface area contributed by atoms with Crippen molar-refractivity contribution in [3.63, 3.8) is 0 Å². The predicted molar refractivity (Wildman–Crippen MR) is 119 cm³/mol. The van der Waals surface area contributed by atoms with Crippen LogP contribution in [0.25, 0.3) is 0 Å². The summed E-state index contributed by atoms with van der Waals surface area (Å²) in [6.45, 7) is 8.29. The summed E-state index contributed by atoms with van der Waals surface area (Å²) in [5.74, 6) is -0.498. The number of nitrogens with zero attached hydrogens (tertiary/aromatic N) is 3. The first-order valence-corrected chi connectivity index (χ1v) is 10.7. The topological polar surface area (TPSA) is 103 Å². The van der Waals surface area contributed by atoms with Gasteiger partial charge in [-0.2, -0.15) is 5.10 Å². The van der Waals surface area contributed by atoms with Crippen molar-refractivity contribution in [3.8, 4) is 5.75 Å². The number of nitrogens with one attached hydrogen (secondary N) is 1. The van der Waals surface area contributed by atoms with Gasteiger partial charge in [-0.1, -0.05) is 26.0 Å². The molecule has 0 fully saturated rings. The van der Waals surface area contributed by atoms with Gasteiger partial charge in [0.15, 0.2) is 5.69 Å². The average Bonchev–Trinajstić information content (AvgIpc) is 3.18. The first-order chi connectivity index (χ1) is 15.2. The maximum atomic E-state index is 13.7. The van der Waals surface area contributed by atoms with E-state index < -0.39 is 17.4 Å². The molecule has 0 spiro atoms. The molecule has 1 N–H and O–H groups in total. The van der Waals surface area contributed by atoms with Crippen LogP contribution in [0, 0.1) is 5.92 Å². The molecule has 172 valence electrons. The van der Waals surface area contributed by atoms with Crippen LogP contribution in [0.1, 0.15) is 55.1 Å². The molecular formula is C23H30N4O5. The Morgan fingerprint density at radius 3 is 2.66 bits per heavy atom. The van der Waals surface area contributed by atoms with Gasteiger partial charge in [-0.3, -0.25) is 19.2 Å². The second-order valence-electron chi connectivity index (χ2n) is 8.32. The number of rotatable bonds is 8. The van der Waals surface area contributed by atoms with Crippen LogP contribution in [-0.4, -0.2) is 53.4 Å². The Morgan fingerprint density at radius 2 is 2.00 bits per heavy atom. The molecule has 0 aliphatic carbocycles. The van der Waals surface area contributed by atoms with Gasteiger partial charge in [-0.05, 0) is 38.3 Å². The fourth-order valence-electron chi connectivity index (χ4n) is 3.74. The third-order valence-electron chi connectivity index (χ3n) is 5.46. The molecule has 0 saturated carbocycles. The number of carbonyl (C=O) groups is 3. The largest absolute Gasteiger partial charge is 0.495 e. The quantitative estimate of drug-likeness (QED) is 0.631. The van der Waals surface area contributed by atoms with Gasteiger partial charge in [0.25, 0.3) is 5.91 Å². The van der Waals surface area contributed by atoms with Gasteiger partial charge in [0.1, 0.15) is 17.0 Å². The summed E-state index contributed by atoms with van der Waals surface area (Å²) in [4.78, 5) is 40.7. The maximum absolute atomic E-state index is 13.7. The Hall–Kier alpha value is -3.36. The van der Waals surface area contributed by atoms with Crippen LogP contribution in [0.5, 0.6) is 5.75 Å². The lowest BCUT2D eigenvalue weighted by Gasteiger charge is -2.43. The summed E-state index contributed by atoms with van der Waals surface area (Å²) < 4.78 is 11.9. The van der Waals surface area contributed by atoms with E-state index in [-0.39, 0.29) is 30.4 Å². The molecule has 2 amide bonds. The van der Waals surface area contributed by atoms with Crippen molar-refractivity contribution in [3.05, 3.63) is 41.7 Å². The number of esters is 1. The Bertz CT molecular complexity index is 1020. The molecule has 2 aromatic rings. The molecule has 2 heterocycles. The number of benzene rings is 1. The van der Waals surface area contributed by atoms with Crippen molar-refractivity contribution in [1.29, 1.82) is 0 Å². The molecule has 1 atom stereocenters. The van der Waals surface area contributed by atoms with Crippen molar-refractivity contribution in [2.24, 2.45) is 5.92 Å². The predicted octanol–water partition coefficient (Wildman–Crippen LogP) is 2.65. The van der Waals surface area contributed by atoms with E-state index in [2.05, 4.69) is 24.3 Å². The minimum absolute atomic E-state index is 0.0274. The molecule has 3 rings (SSSR count). The van der Waals surface area contributed by atoms with E-state index in [0.717, 1.165) is 6.42 Å². The van der Waals surface area contributed by atoms with E-state index in [0.29, 0.717) is 23.9 Å². The fourth-order valence-corrected chi connectivity index (χ4v) is 3.74. The van der Waals surface area contributed by atoms with E-state index in [1.807, 2.05) is 0 Å². The smallest absolute Gasteiger partial charge is 0.358 e. The fraction of sp³-hybridized carbons (Fsp3) is 0.478. The normalized spacial score (nSPS) is 17.8. The van der Waals surface area contributed by atoms with E-state index in [1.54, 1.807) is 38.1 Å². The van der Waals surface area contributed by atoms with Crippen LogP contribution in [0.4, 0.5) is 5.69 Å². The number of amides is 2. The van der Waals surface area contributed by atoms with E-state index in [9.17, 15) is 14.4 Å². The lowest BCUT2D eigenvalue weighted by atomic mass is 9.93. The van der Waals surface area contributed by atoms with Crippen LogP contribution < -0.4 is 15.0 Å². The van der Waals surface area contributed by atoms with E-state index in [1.165, 1.54) is 22.8 Å². The van der Waals surface area contributed by atoms with Crippen LogP contribution in [-0.2, 0) is 16.1 Å². The number of fused-ring (bicyclic) bond motifs is 1. The number of ether oxygens (including phenoxy) is 2. The van der Waals surface area contributed by atoms with Crippen molar-refractivity contribution in [2.45, 2.75) is 46.2 Å². The van der Waals surface area contributed by atoms with Crippen molar-refractivity contribution < 1.29 is 23.9 Å². The number of para-hydroxylation sites is 2. The van der Waals surface area contributed by atoms with Crippen molar-refractivity contribution in [2.75, 3.05) is 25.2 Å². The van der Waals surface area contributed by atoms with Gasteiger partial charge < -0.3 is 14.8 Å². The number of hydrogen-bond acceptors (Lipinski definition) is 6. The first-order valence-electron chi connectivity index (χ1n) is 10.7. The molecular weight excluding hydrogens is 412 g/mol. The van der Waals surface area contributed by atoms with Gasteiger partial charge in [0.05, 0.1) is 25.9 Å². The Kier molecular flexibility index (Phi) is 6.86. The zero-order valence-corrected chi connectivity index (χ0v) is 19.2. The van der Waals surface area contributed by atoms with Crippen LogP contribution >= 0.6 is 0 Å². The molecule has 1 aliphatic rings. The van der Waals surface area contributed by atoms with Gasteiger partial charge in [0.2, 0.25) is 5.91 Å². The molecule has 0 radical (unpaired) electrons. The van der Waals surface area contributed by atoms with E-state index >= 15 is 0 Å². The molecule has 9 nitrogen and oxygen atoms in total. The van der Waals surface area contributed by atoms with Gasteiger partial charge >= 0.3 is 5.97 Å². The van der Waals surface area contributed by atoms with Crippen LogP contribution in [0.15, 0.2) is 30.3 Å². The number of aromatic nitrogens is 2. The summed E-state index contributed by atoms with van der Waals surface area (Å²) in [6, 6.07) is 8.43. The molecule has 1 aromatic heterocycles. The number of methoxy groups -OCH3 is 1. The first kappa shape index (κ1) is 23.3. The molecule has 0 bridgehead atoms. The summed E-state index contributed by atoms with van der Waals surface area (Å²) in [7, 11) is 1.51. The Morgan fingerprint density at radius 1 is 1.28 bits per heavy atom. The third-order valence-corrected chi connectivity index (χ3v) is 5.46. The third kappa shape index (κ3) is 4.32. The highest BCUT2D eigenvalue weighted by Gasteiger charge is 2.49. The lowest BCUT2D eigenvalue weighted by Crippen LogP contribution is -2.64. The summed E-state index contributed by atoms with van der Waals surface area (Å²) >= 11 is 0. The molecule has 0 saturated heterocycles. The SMILES string of the molecule is CCOC(=O)c1cc2n(n1)CC(C)(C(=O)NCCC(C)C)N(c1ccccc1OC)C2=O. The molecule has 1 aliphatic heterocycles. The maximum Gasteiger partial charge on any atom is 0.358 e. The van der Waals surface area contributed by atoms with Crippen molar-refractivity contribution >= 4 is 23.5 Å². The summed E-state index contributed by atoms with van der Waals surface area (Å²) in [5.41, 5.74) is -0.606. The summed E-state index contributed by atoms with van der Waals surface area (Å²) in [6.07, 6.45) is 0.810. The highest BCUT2D eigenvalue weighted by molar-refractivity contribution is 6.13. The molecule has 32 heavy (non-hydrogen) atoms. The zero-order chi connectivity index (χ0) is 23.5. The molecule has 9 heteroatoms. The Labute approximate surface area is 187 Å². The minimum Gasteiger partial charge on any atom is -0.495 e. The standard InChI is InChI=1S/C23H30N4O5/c1-6-32-21(29)16-13-18-20(28)27(17-9-7-8-10-19(17)31-5)23(4,14-26(18)25-16)22(30)24-12-11-15(2)3/h7-10,13,15H,6,11-12,14H2,1-5H3,(H,24,30). The van der Waals surface area contributed by atoms with Crippen LogP contribution in [0.3, 0.4) is 0 Å². The number of carbonyl (C=O) groups excluding carboxylic acids is 3. The van der Waals surface area contributed by atoms with E-state index in [4.69, 9.17) is 9.47 Å². The highest BCUT2D eigenvalue weighted by Crippen LogP contribution is 2.38. The molecule has 1 unspecified atom stereocenters. The van der Waals surface area contributed by atoms with Gasteiger partial charge in [-0.25, -0.2) is 4.79 Å². The van der Waals surface area contributed by atoms with Crippen LogP contribution in [0.2, 0.25) is 0 Å². The van der Waals surface area contributed by atoms with Gasteiger partial charge in [-0.15, -0.1) is 0 Å². The lowest BCUT2D eigenvalue weighted by molar-refractivity contribution is -0.126. The monoisotopic (exact) mass is 442 g/mol. The average molecular weight is 443 g/mol. The minimum atomic E-state index is -1.30.